The normalized spacial score (nSPS) is 19.9. The van der Waals surface area contributed by atoms with Crippen molar-refractivity contribution in [3.63, 3.8) is 0 Å². The number of rotatable bonds is 4. The van der Waals surface area contributed by atoms with E-state index in [9.17, 15) is 0 Å². The number of nitriles is 1. The molecule has 0 radical (unpaired) electrons. The van der Waals surface area contributed by atoms with Gasteiger partial charge in [-0.05, 0) is 18.6 Å². The highest BCUT2D eigenvalue weighted by atomic mass is 35.5. The first-order valence-corrected chi connectivity index (χ1v) is 6.70. The average Bonchev–Trinajstić information content (AvgIpc) is 3.13. The average molecular weight is 306 g/mol. The van der Waals surface area contributed by atoms with Gasteiger partial charge in [-0.25, -0.2) is 0 Å². The molecule has 3 rings (SSSR count). The lowest BCUT2D eigenvalue weighted by Gasteiger charge is -2.10. The summed E-state index contributed by atoms with van der Waals surface area (Å²) >= 11 is 6.16. The molecule has 1 aromatic carbocycles. The lowest BCUT2D eigenvalue weighted by atomic mass is 10.2. The van der Waals surface area contributed by atoms with Crippen molar-refractivity contribution in [2.45, 2.75) is 12.3 Å². The monoisotopic (exact) mass is 305 g/mol. The summed E-state index contributed by atoms with van der Waals surface area (Å²) in [6.07, 6.45) is 0.769. The largest absolute Gasteiger partial charge is 0.493 e. The van der Waals surface area contributed by atoms with Gasteiger partial charge in [0.1, 0.15) is 0 Å². The van der Waals surface area contributed by atoms with Crippen LogP contribution in [0.4, 0.5) is 0 Å². The van der Waals surface area contributed by atoms with E-state index in [1.54, 1.807) is 12.1 Å². The Morgan fingerprint density at radius 3 is 2.81 bits per heavy atom. The van der Waals surface area contributed by atoms with Crippen LogP contribution in [-0.4, -0.2) is 24.4 Å². The quantitative estimate of drug-likeness (QED) is 0.863. The van der Waals surface area contributed by atoms with E-state index < -0.39 is 0 Å². The van der Waals surface area contributed by atoms with E-state index in [-0.39, 0.29) is 11.8 Å². The number of benzene rings is 1. The molecule has 1 aliphatic rings. The standard InChI is InChI=1S/C14H12ClN3O3/c1-19-11-5-7(4-10(15)12(11)20-2)13-17-14(21-18-13)9-3-8(9)6-16/h4-5,8-9H,3H2,1-2H3. The van der Waals surface area contributed by atoms with Crippen LogP contribution in [0.15, 0.2) is 16.7 Å². The van der Waals surface area contributed by atoms with Gasteiger partial charge >= 0.3 is 0 Å². The first kappa shape index (κ1) is 13.7. The number of methoxy groups -OCH3 is 2. The summed E-state index contributed by atoms with van der Waals surface area (Å²) in [4.78, 5) is 4.33. The first-order chi connectivity index (χ1) is 10.2. The van der Waals surface area contributed by atoms with Crippen molar-refractivity contribution >= 4 is 11.6 Å². The van der Waals surface area contributed by atoms with Crippen LogP contribution in [0.5, 0.6) is 11.5 Å². The van der Waals surface area contributed by atoms with Crippen LogP contribution >= 0.6 is 11.6 Å². The summed E-state index contributed by atoms with van der Waals surface area (Å²) in [5.74, 6) is 1.88. The van der Waals surface area contributed by atoms with Crippen molar-refractivity contribution < 1.29 is 14.0 Å². The number of hydrogen-bond acceptors (Lipinski definition) is 6. The van der Waals surface area contributed by atoms with E-state index in [0.29, 0.717) is 33.8 Å². The minimum atomic E-state index is -0.0210. The molecular weight excluding hydrogens is 294 g/mol. The molecule has 1 saturated carbocycles. The van der Waals surface area contributed by atoms with Crippen LogP contribution in [-0.2, 0) is 0 Å². The zero-order chi connectivity index (χ0) is 15.0. The van der Waals surface area contributed by atoms with Gasteiger partial charge in [0.2, 0.25) is 11.7 Å². The van der Waals surface area contributed by atoms with Crippen molar-refractivity contribution in [1.29, 1.82) is 5.26 Å². The van der Waals surface area contributed by atoms with Crippen LogP contribution in [0.2, 0.25) is 5.02 Å². The number of hydrogen-bond donors (Lipinski definition) is 0. The van der Waals surface area contributed by atoms with Crippen molar-refractivity contribution in [3.8, 4) is 29.0 Å². The smallest absolute Gasteiger partial charge is 0.231 e. The Labute approximate surface area is 126 Å². The molecule has 6 nitrogen and oxygen atoms in total. The van der Waals surface area contributed by atoms with Gasteiger partial charge in [-0.3, -0.25) is 0 Å². The van der Waals surface area contributed by atoms with E-state index in [4.69, 9.17) is 30.9 Å². The molecule has 0 aliphatic heterocycles. The van der Waals surface area contributed by atoms with Crippen molar-refractivity contribution in [1.82, 2.24) is 10.1 Å². The molecule has 0 saturated heterocycles. The SMILES string of the molecule is COc1cc(-c2noc(C3CC3C#N)n2)cc(Cl)c1OC. The summed E-state index contributed by atoms with van der Waals surface area (Å²) < 4.78 is 15.6. The second-order valence-corrected chi connectivity index (χ2v) is 5.13. The minimum absolute atomic E-state index is 0.0210. The number of ether oxygens (including phenoxy) is 2. The van der Waals surface area contributed by atoms with Crippen LogP contribution in [0, 0.1) is 17.2 Å². The lowest BCUT2D eigenvalue weighted by Crippen LogP contribution is -1.93. The van der Waals surface area contributed by atoms with Crippen molar-refractivity contribution in [3.05, 3.63) is 23.0 Å². The predicted molar refractivity (Wildman–Crippen MR) is 74.3 cm³/mol. The fraction of sp³-hybridized carbons (Fsp3) is 0.357. The Bertz CT molecular complexity index is 723. The molecule has 0 spiro atoms. The van der Waals surface area contributed by atoms with Gasteiger partial charge in [-0.1, -0.05) is 16.8 Å². The summed E-state index contributed by atoms with van der Waals surface area (Å²) in [7, 11) is 3.05. The lowest BCUT2D eigenvalue weighted by molar-refractivity contribution is 0.355. The van der Waals surface area contributed by atoms with Gasteiger partial charge in [-0.2, -0.15) is 10.2 Å². The third-order valence-electron chi connectivity index (χ3n) is 3.41. The predicted octanol–water partition coefficient (Wildman–Crippen LogP) is 3.03. The number of halogens is 1. The first-order valence-electron chi connectivity index (χ1n) is 6.33. The summed E-state index contributed by atoms with van der Waals surface area (Å²) in [5.41, 5.74) is 0.668. The summed E-state index contributed by atoms with van der Waals surface area (Å²) in [6.45, 7) is 0. The molecule has 1 aliphatic carbocycles. The molecule has 1 aromatic heterocycles. The molecule has 0 N–H and O–H groups in total. The molecule has 0 amide bonds. The van der Waals surface area contributed by atoms with Crippen LogP contribution in [0.1, 0.15) is 18.2 Å². The molecule has 108 valence electrons. The topological polar surface area (TPSA) is 81.2 Å². The Kier molecular flexibility index (Phi) is 3.43. The van der Waals surface area contributed by atoms with E-state index in [1.807, 2.05) is 0 Å². The Balaban J connectivity index is 1.94. The highest BCUT2D eigenvalue weighted by Gasteiger charge is 2.43. The Morgan fingerprint density at radius 2 is 2.19 bits per heavy atom. The van der Waals surface area contributed by atoms with E-state index in [0.717, 1.165) is 6.42 Å². The molecule has 2 unspecified atom stereocenters. The maximum absolute atomic E-state index is 8.84. The number of nitrogens with zero attached hydrogens (tertiary/aromatic N) is 3. The second kappa shape index (κ2) is 5.26. The molecule has 1 fully saturated rings. The van der Waals surface area contributed by atoms with Gasteiger partial charge in [0.05, 0.1) is 37.1 Å². The van der Waals surface area contributed by atoms with Crippen LogP contribution in [0.3, 0.4) is 0 Å². The van der Waals surface area contributed by atoms with Gasteiger partial charge in [-0.15, -0.1) is 0 Å². The Morgan fingerprint density at radius 1 is 1.38 bits per heavy atom. The highest BCUT2D eigenvalue weighted by molar-refractivity contribution is 6.32. The van der Waals surface area contributed by atoms with Crippen LogP contribution in [0.25, 0.3) is 11.4 Å². The van der Waals surface area contributed by atoms with Gasteiger partial charge in [0.15, 0.2) is 11.5 Å². The molecule has 2 atom stereocenters. The molecular formula is C14H12ClN3O3. The minimum Gasteiger partial charge on any atom is -0.493 e. The Hall–Kier alpha value is -2.26. The molecule has 21 heavy (non-hydrogen) atoms. The maximum atomic E-state index is 8.84. The molecule has 7 heteroatoms. The third-order valence-corrected chi connectivity index (χ3v) is 3.69. The fourth-order valence-corrected chi connectivity index (χ4v) is 2.45. The zero-order valence-corrected chi connectivity index (χ0v) is 12.2. The van der Waals surface area contributed by atoms with E-state index in [1.165, 1.54) is 14.2 Å². The van der Waals surface area contributed by atoms with Crippen LogP contribution < -0.4 is 9.47 Å². The maximum Gasteiger partial charge on any atom is 0.231 e. The molecule has 0 bridgehead atoms. The van der Waals surface area contributed by atoms with E-state index in [2.05, 4.69) is 16.2 Å². The van der Waals surface area contributed by atoms with Gasteiger partial charge < -0.3 is 14.0 Å². The van der Waals surface area contributed by atoms with Crippen molar-refractivity contribution in [2.75, 3.05) is 14.2 Å². The van der Waals surface area contributed by atoms with Gasteiger partial charge in [0.25, 0.3) is 0 Å². The highest BCUT2D eigenvalue weighted by Crippen LogP contribution is 2.46. The zero-order valence-electron chi connectivity index (χ0n) is 11.5. The second-order valence-electron chi connectivity index (χ2n) is 4.73. The fourth-order valence-electron chi connectivity index (χ4n) is 2.16. The molecule has 1 heterocycles. The van der Waals surface area contributed by atoms with Gasteiger partial charge in [0, 0.05) is 5.56 Å². The summed E-state index contributed by atoms with van der Waals surface area (Å²) in [5, 5.41) is 13.2. The summed E-state index contributed by atoms with van der Waals surface area (Å²) in [6, 6.07) is 5.61. The van der Waals surface area contributed by atoms with E-state index >= 15 is 0 Å². The van der Waals surface area contributed by atoms with Crippen molar-refractivity contribution in [2.24, 2.45) is 5.92 Å². The number of aromatic nitrogens is 2. The third kappa shape index (κ3) is 2.41. The molecule has 2 aromatic rings.